The number of amides is 3. The largest absolute Gasteiger partial charge is 0.480 e. The molecule has 0 aromatic rings. The zero-order chi connectivity index (χ0) is 19.7. The van der Waals surface area contributed by atoms with Crippen LogP contribution in [0.5, 0.6) is 0 Å². The van der Waals surface area contributed by atoms with Crippen LogP contribution in [0, 0.1) is 5.92 Å². The summed E-state index contributed by atoms with van der Waals surface area (Å²) in [7, 11) is 0. The molecule has 0 heterocycles. The standard InChI is InChI=1S/C15H28N4O6/c1-5-7(2)11(19-12(21)8(3)16)14(23)17-9(4)13(22)18-10(6-20)15(24)25/h7-11,20H,5-6,16H2,1-4H3,(H,17,23)(H,18,22)(H,19,21)(H,24,25). The fraction of sp³-hybridized carbons (Fsp3) is 0.733. The maximum Gasteiger partial charge on any atom is 0.328 e. The highest BCUT2D eigenvalue weighted by Crippen LogP contribution is 2.08. The van der Waals surface area contributed by atoms with Gasteiger partial charge in [-0.25, -0.2) is 4.79 Å². The van der Waals surface area contributed by atoms with Gasteiger partial charge in [0.05, 0.1) is 12.6 Å². The molecule has 0 bridgehead atoms. The van der Waals surface area contributed by atoms with Gasteiger partial charge in [-0.15, -0.1) is 0 Å². The lowest BCUT2D eigenvalue weighted by atomic mass is 9.97. The number of nitrogens with one attached hydrogen (secondary N) is 3. The first kappa shape index (κ1) is 22.8. The fourth-order valence-corrected chi connectivity index (χ4v) is 1.84. The quantitative estimate of drug-likeness (QED) is 0.260. The second-order valence-electron chi connectivity index (χ2n) is 5.97. The molecule has 0 saturated heterocycles. The third-order valence-corrected chi connectivity index (χ3v) is 3.76. The number of aliphatic hydroxyl groups excluding tert-OH is 1. The second kappa shape index (κ2) is 10.6. The molecule has 144 valence electrons. The lowest BCUT2D eigenvalue weighted by Crippen LogP contribution is -2.58. The van der Waals surface area contributed by atoms with Crippen LogP contribution in [0.2, 0.25) is 0 Å². The second-order valence-corrected chi connectivity index (χ2v) is 5.97. The van der Waals surface area contributed by atoms with Crippen molar-refractivity contribution in [1.29, 1.82) is 0 Å². The molecule has 25 heavy (non-hydrogen) atoms. The summed E-state index contributed by atoms with van der Waals surface area (Å²) in [4.78, 5) is 46.9. The highest BCUT2D eigenvalue weighted by atomic mass is 16.4. The van der Waals surface area contributed by atoms with Crippen molar-refractivity contribution in [3.8, 4) is 0 Å². The van der Waals surface area contributed by atoms with E-state index in [2.05, 4.69) is 16.0 Å². The zero-order valence-corrected chi connectivity index (χ0v) is 14.9. The van der Waals surface area contributed by atoms with Crippen LogP contribution in [0.1, 0.15) is 34.1 Å². The summed E-state index contributed by atoms with van der Waals surface area (Å²) < 4.78 is 0. The van der Waals surface area contributed by atoms with Crippen LogP contribution in [0.25, 0.3) is 0 Å². The third-order valence-electron chi connectivity index (χ3n) is 3.76. The molecule has 0 aliphatic rings. The predicted molar refractivity (Wildman–Crippen MR) is 89.3 cm³/mol. The van der Waals surface area contributed by atoms with Gasteiger partial charge in [-0.2, -0.15) is 0 Å². The number of hydrogen-bond donors (Lipinski definition) is 6. The molecule has 0 aromatic heterocycles. The van der Waals surface area contributed by atoms with Crippen LogP contribution in [0.3, 0.4) is 0 Å². The molecule has 0 saturated carbocycles. The molecule has 10 nitrogen and oxygen atoms in total. The van der Waals surface area contributed by atoms with Crippen molar-refractivity contribution in [2.24, 2.45) is 11.7 Å². The first-order chi connectivity index (χ1) is 11.5. The molecule has 0 rings (SSSR count). The smallest absolute Gasteiger partial charge is 0.328 e. The highest BCUT2D eigenvalue weighted by molar-refractivity contribution is 5.93. The van der Waals surface area contributed by atoms with Crippen LogP contribution in [0.4, 0.5) is 0 Å². The van der Waals surface area contributed by atoms with Gasteiger partial charge < -0.3 is 31.9 Å². The highest BCUT2D eigenvalue weighted by Gasteiger charge is 2.30. The number of carbonyl (C=O) groups is 4. The van der Waals surface area contributed by atoms with Gasteiger partial charge in [0.15, 0.2) is 0 Å². The van der Waals surface area contributed by atoms with E-state index < -0.39 is 54.5 Å². The summed E-state index contributed by atoms with van der Waals surface area (Å²) in [5, 5.41) is 24.8. The van der Waals surface area contributed by atoms with Crippen molar-refractivity contribution in [1.82, 2.24) is 16.0 Å². The average Bonchev–Trinajstić information content (AvgIpc) is 2.55. The summed E-state index contributed by atoms with van der Waals surface area (Å²) in [6.45, 7) is 5.69. The van der Waals surface area contributed by atoms with Crippen LogP contribution in [-0.2, 0) is 19.2 Å². The first-order valence-corrected chi connectivity index (χ1v) is 8.05. The number of nitrogens with two attached hydrogens (primary N) is 1. The fourth-order valence-electron chi connectivity index (χ4n) is 1.84. The van der Waals surface area contributed by atoms with E-state index in [1.807, 2.05) is 6.92 Å². The van der Waals surface area contributed by atoms with Gasteiger partial charge in [-0.05, 0) is 19.8 Å². The van der Waals surface area contributed by atoms with E-state index in [9.17, 15) is 19.2 Å². The Hall–Kier alpha value is -2.20. The minimum atomic E-state index is -1.46. The van der Waals surface area contributed by atoms with E-state index in [0.29, 0.717) is 6.42 Å². The van der Waals surface area contributed by atoms with Crippen molar-refractivity contribution in [3.63, 3.8) is 0 Å². The van der Waals surface area contributed by atoms with E-state index in [1.165, 1.54) is 13.8 Å². The van der Waals surface area contributed by atoms with Crippen LogP contribution < -0.4 is 21.7 Å². The number of carboxylic acids is 1. The number of hydrogen-bond acceptors (Lipinski definition) is 6. The van der Waals surface area contributed by atoms with Crippen molar-refractivity contribution < 1.29 is 29.4 Å². The van der Waals surface area contributed by atoms with E-state index in [1.54, 1.807) is 6.92 Å². The van der Waals surface area contributed by atoms with Gasteiger partial charge in [0.2, 0.25) is 17.7 Å². The molecule has 0 aromatic carbocycles. The molecular formula is C15H28N4O6. The van der Waals surface area contributed by atoms with E-state index >= 15 is 0 Å². The Balaban J connectivity index is 4.94. The van der Waals surface area contributed by atoms with Crippen LogP contribution in [-0.4, -0.2) is 64.7 Å². The molecule has 5 atom stereocenters. The molecule has 0 radical (unpaired) electrons. The zero-order valence-electron chi connectivity index (χ0n) is 14.9. The molecule has 0 spiro atoms. The van der Waals surface area contributed by atoms with Gasteiger partial charge in [-0.3, -0.25) is 14.4 Å². The number of aliphatic hydroxyl groups is 1. The Kier molecular flexibility index (Phi) is 9.69. The van der Waals surface area contributed by atoms with Gasteiger partial charge in [0, 0.05) is 0 Å². The third kappa shape index (κ3) is 7.48. The van der Waals surface area contributed by atoms with Crippen molar-refractivity contribution >= 4 is 23.7 Å². The number of carboxylic acid groups (broad SMARTS) is 1. The molecule has 10 heteroatoms. The molecular weight excluding hydrogens is 332 g/mol. The minimum Gasteiger partial charge on any atom is -0.480 e. The summed E-state index contributed by atoms with van der Waals surface area (Å²) in [6.07, 6.45) is 0.601. The molecule has 0 aliphatic heterocycles. The minimum absolute atomic E-state index is 0.206. The SMILES string of the molecule is CCC(C)C(NC(=O)C(C)N)C(=O)NC(C)C(=O)NC(CO)C(=O)O. The molecule has 0 aliphatic carbocycles. The van der Waals surface area contributed by atoms with Gasteiger partial charge in [0.1, 0.15) is 18.1 Å². The Bertz CT molecular complexity index is 496. The van der Waals surface area contributed by atoms with Crippen LogP contribution >= 0.6 is 0 Å². The summed E-state index contributed by atoms with van der Waals surface area (Å²) in [5.41, 5.74) is 5.49. The summed E-state index contributed by atoms with van der Waals surface area (Å²) in [6, 6.07) is -4.19. The monoisotopic (exact) mass is 360 g/mol. The Labute approximate surface area is 146 Å². The topological polar surface area (TPSA) is 171 Å². The maximum absolute atomic E-state index is 12.4. The Morgan fingerprint density at radius 3 is 1.92 bits per heavy atom. The predicted octanol–water partition coefficient (Wildman–Crippen LogP) is -2.07. The average molecular weight is 360 g/mol. The van der Waals surface area contributed by atoms with E-state index in [4.69, 9.17) is 15.9 Å². The Morgan fingerprint density at radius 2 is 1.52 bits per heavy atom. The van der Waals surface area contributed by atoms with E-state index in [0.717, 1.165) is 0 Å². The molecule has 5 unspecified atom stereocenters. The first-order valence-electron chi connectivity index (χ1n) is 8.05. The summed E-state index contributed by atoms with van der Waals surface area (Å²) in [5.74, 6) is -3.44. The number of aliphatic carboxylic acids is 1. The lowest BCUT2D eigenvalue weighted by molar-refractivity contribution is -0.143. The van der Waals surface area contributed by atoms with Crippen molar-refractivity contribution in [2.75, 3.05) is 6.61 Å². The lowest BCUT2D eigenvalue weighted by Gasteiger charge is -2.26. The van der Waals surface area contributed by atoms with Crippen LogP contribution in [0.15, 0.2) is 0 Å². The number of rotatable bonds is 10. The van der Waals surface area contributed by atoms with Gasteiger partial charge >= 0.3 is 5.97 Å². The normalized spacial score (nSPS) is 16.7. The van der Waals surface area contributed by atoms with Crippen molar-refractivity contribution in [3.05, 3.63) is 0 Å². The molecule has 0 fully saturated rings. The van der Waals surface area contributed by atoms with E-state index in [-0.39, 0.29) is 5.92 Å². The molecule has 3 amide bonds. The van der Waals surface area contributed by atoms with Gasteiger partial charge in [-0.1, -0.05) is 20.3 Å². The number of carbonyl (C=O) groups excluding carboxylic acids is 3. The van der Waals surface area contributed by atoms with Crippen molar-refractivity contribution in [2.45, 2.75) is 58.3 Å². The molecule has 7 N–H and O–H groups in total. The van der Waals surface area contributed by atoms with Gasteiger partial charge in [0.25, 0.3) is 0 Å². The summed E-state index contributed by atoms with van der Waals surface area (Å²) >= 11 is 0. The Morgan fingerprint density at radius 1 is 0.960 bits per heavy atom. The maximum atomic E-state index is 12.4.